The van der Waals surface area contributed by atoms with Crippen LogP contribution >= 0.6 is 0 Å². The molecule has 5 nitrogen and oxygen atoms in total. The zero-order valence-corrected chi connectivity index (χ0v) is 12.1. The van der Waals surface area contributed by atoms with Crippen LogP contribution in [0.1, 0.15) is 27.7 Å². The average molecular weight is 262 g/mol. The number of aromatic nitrogens is 3. The Kier molecular flexibility index (Phi) is 3.75. The lowest BCUT2D eigenvalue weighted by Gasteiger charge is -2.23. The van der Waals surface area contributed by atoms with E-state index < -0.39 is 0 Å². The van der Waals surface area contributed by atoms with Gasteiger partial charge < -0.3 is 5.32 Å². The van der Waals surface area contributed by atoms with E-state index in [2.05, 4.69) is 38.1 Å². The van der Waals surface area contributed by atoms with Crippen LogP contribution < -0.4 is 11.0 Å². The van der Waals surface area contributed by atoms with Crippen LogP contribution in [0.25, 0.3) is 5.65 Å². The molecule has 0 amide bonds. The third kappa shape index (κ3) is 3.44. The average Bonchev–Trinajstić information content (AvgIpc) is 2.64. The summed E-state index contributed by atoms with van der Waals surface area (Å²) in [5.74, 6) is 0.349. The van der Waals surface area contributed by atoms with Crippen molar-refractivity contribution in [3.8, 4) is 0 Å². The number of rotatable bonds is 4. The molecule has 0 aromatic carbocycles. The van der Waals surface area contributed by atoms with E-state index in [0.29, 0.717) is 18.1 Å². The van der Waals surface area contributed by atoms with Crippen LogP contribution in [-0.4, -0.2) is 26.3 Å². The molecule has 104 valence electrons. The lowest BCUT2D eigenvalue weighted by atomic mass is 10.1. The largest absolute Gasteiger partial charge is 0.350 e. The third-order valence-corrected chi connectivity index (χ3v) is 2.95. The lowest BCUT2D eigenvalue weighted by molar-refractivity contribution is 0.349. The molecule has 0 saturated carbocycles. The Morgan fingerprint density at radius 2 is 2.11 bits per heavy atom. The molecule has 19 heavy (non-hydrogen) atoms. The molecule has 0 aliphatic heterocycles. The quantitative estimate of drug-likeness (QED) is 0.909. The van der Waals surface area contributed by atoms with Crippen LogP contribution in [0.15, 0.2) is 29.2 Å². The van der Waals surface area contributed by atoms with E-state index in [4.69, 9.17) is 0 Å². The monoisotopic (exact) mass is 262 g/mol. The van der Waals surface area contributed by atoms with Crippen LogP contribution in [0, 0.1) is 5.92 Å². The first kappa shape index (κ1) is 13.8. The van der Waals surface area contributed by atoms with Crippen LogP contribution in [0.2, 0.25) is 0 Å². The van der Waals surface area contributed by atoms with Crippen molar-refractivity contribution in [2.75, 3.05) is 6.54 Å². The molecule has 0 bridgehead atoms. The fourth-order valence-corrected chi connectivity index (χ4v) is 1.93. The Morgan fingerprint density at radius 3 is 2.74 bits per heavy atom. The van der Waals surface area contributed by atoms with Crippen LogP contribution in [0.5, 0.6) is 0 Å². The Balaban J connectivity index is 2.09. The molecule has 0 spiro atoms. The van der Waals surface area contributed by atoms with E-state index in [-0.39, 0.29) is 11.2 Å². The molecule has 2 aromatic rings. The van der Waals surface area contributed by atoms with Gasteiger partial charge in [-0.15, -0.1) is 5.10 Å². The molecule has 0 fully saturated rings. The predicted molar refractivity (Wildman–Crippen MR) is 76.4 cm³/mol. The molecule has 1 unspecified atom stereocenters. The molecular weight excluding hydrogens is 240 g/mol. The highest BCUT2D eigenvalue weighted by molar-refractivity contribution is 5.35. The first-order valence-electron chi connectivity index (χ1n) is 6.66. The lowest BCUT2D eigenvalue weighted by Crippen LogP contribution is -2.40. The molecule has 0 saturated heterocycles. The molecule has 2 rings (SSSR count). The normalized spacial score (nSPS) is 13.9. The van der Waals surface area contributed by atoms with Gasteiger partial charge in [-0.2, -0.15) is 0 Å². The van der Waals surface area contributed by atoms with Gasteiger partial charge >= 0.3 is 5.69 Å². The van der Waals surface area contributed by atoms with Gasteiger partial charge in [-0.1, -0.05) is 13.0 Å². The fourth-order valence-electron chi connectivity index (χ4n) is 1.93. The molecule has 0 aliphatic carbocycles. The molecule has 0 radical (unpaired) electrons. The van der Waals surface area contributed by atoms with E-state index in [1.165, 1.54) is 0 Å². The SMILES string of the molecule is CC(CNC(C)(C)C)Cn1nc2ccccn2c1=O. The first-order chi connectivity index (χ1) is 8.87. The minimum Gasteiger partial charge on any atom is -0.312 e. The fraction of sp³-hybridized carbons (Fsp3) is 0.571. The molecule has 2 aromatic heterocycles. The van der Waals surface area contributed by atoms with Crippen LogP contribution in [0.4, 0.5) is 0 Å². The van der Waals surface area contributed by atoms with Crippen molar-refractivity contribution in [1.29, 1.82) is 0 Å². The van der Waals surface area contributed by atoms with E-state index in [1.807, 2.05) is 18.2 Å². The maximum Gasteiger partial charge on any atom is 0.350 e. The van der Waals surface area contributed by atoms with Gasteiger partial charge in [-0.05, 0) is 45.4 Å². The smallest absolute Gasteiger partial charge is 0.312 e. The Bertz CT molecular complexity index is 606. The molecule has 0 aliphatic rings. The van der Waals surface area contributed by atoms with Crippen molar-refractivity contribution in [3.05, 3.63) is 34.9 Å². The summed E-state index contributed by atoms with van der Waals surface area (Å²) in [6.45, 7) is 10.0. The summed E-state index contributed by atoms with van der Waals surface area (Å²) >= 11 is 0. The highest BCUT2D eigenvalue weighted by Gasteiger charge is 2.13. The summed E-state index contributed by atoms with van der Waals surface area (Å²) in [5.41, 5.74) is 0.722. The number of pyridine rings is 1. The number of hydrogen-bond acceptors (Lipinski definition) is 3. The summed E-state index contributed by atoms with van der Waals surface area (Å²) in [7, 11) is 0. The molecule has 1 N–H and O–H groups in total. The highest BCUT2D eigenvalue weighted by atomic mass is 16.2. The molecule has 1 atom stereocenters. The van der Waals surface area contributed by atoms with Gasteiger partial charge in [-0.25, -0.2) is 9.48 Å². The van der Waals surface area contributed by atoms with Gasteiger partial charge in [0.25, 0.3) is 0 Å². The summed E-state index contributed by atoms with van der Waals surface area (Å²) in [5, 5.41) is 7.78. The first-order valence-corrected chi connectivity index (χ1v) is 6.66. The van der Waals surface area contributed by atoms with Gasteiger partial charge in [0, 0.05) is 11.7 Å². The third-order valence-electron chi connectivity index (χ3n) is 2.95. The Labute approximate surface area is 113 Å². The maximum absolute atomic E-state index is 12.1. The Hall–Kier alpha value is -1.62. The van der Waals surface area contributed by atoms with E-state index in [0.717, 1.165) is 6.54 Å². The zero-order valence-electron chi connectivity index (χ0n) is 12.1. The Morgan fingerprint density at radius 1 is 1.37 bits per heavy atom. The van der Waals surface area contributed by atoms with E-state index in [9.17, 15) is 4.79 Å². The second-order valence-electron chi connectivity index (χ2n) is 6.13. The number of nitrogens with one attached hydrogen (secondary N) is 1. The van der Waals surface area contributed by atoms with Gasteiger partial charge in [0.15, 0.2) is 5.65 Å². The van der Waals surface area contributed by atoms with E-state index in [1.54, 1.807) is 15.3 Å². The molecule has 2 heterocycles. The summed E-state index contributed by atoms with van der Waals surface area (Å²) in [6.07, 6.45) is 1.75. The highest BCUT2D eigenvalue weighted by Crippen LogP contribution is 2.03. The maximum atomic E-state index is 12.1. The van der Waals surface area contributed by atoms with Gasteiger partial charge in [0.05, 0.1) is 6.54 Å². The summed E-state index contributed by atoms with van der Waals surface area (Å²) in [6, 6.07) is 5.57. The van der Waals surface area contributed by atoms with Crippen molar-refractivity contribution >= 4 is 5.65 Å². The van der Waals surface area contributed by atoms with Crippen LogP contribution in [-0.2, 0) is 6.54 Å². The predicted octanol–water partition coefficient (Wildman–Crippen LogP) is 1.52. The van der Waals surface area contributed by atoms with Gasteiger partial charge in [0.2, 0.25) is 0 Å². The molecular formula is C14H22N4O. The minimum absolute atomic E-state index is 0.0711. The standard InChI is InChI=1S/C14H22N4O/c1-11(9-15-14(2,3)4)10-18-13(19)17-8-6-5-7-12(17)16-18/h5-8,11,15H,9-10H2,1-4H3. The van der Waals surface area contributed by atoms with Crippen molar-refractivity contribution < 1.29 is 0 Å². The van der Waals surface area contributed by atoms with E-state index >= 15 is 0 Å². The topological polar surface area (TPSA) is 51.3 Å². The van der Waals surface area contributed by atoms with Crippen LogP contribution in [0.3, 0.4) is 0 Å². The minimum atomic E-state index is -0.0711. The number of fused-ring (bicyclic) bond motifs is 1. The van der Waals surface area contributed by atoms with Crippen molar-refractivity contribution in [3.63, 3.8) is 0 Å². The van der Waals surface area contributed by atoms with Gasteiger partial charge in [0.1, 0.15) is 0 Å². The second kappa shape index (κ2) is 5.17. The summed E-state index contributed by atoms with van der Waals surface area (Å²) < 4.78 is 3.12. The molecule has 5 heteroatoms. The van der Waals surface area contributed by atoms with Crippen molar-refractivity contribution in [2.45, 2.75) is 39.8 Å². The zero-order chi connectivity index (χ0) is 14.0. The van der Waals surface area contributed by atoms with Crippen molar-refractivity contribution in [1.82, 2.24) is 19.5 Å². The number of nitrogens with zero attached hydrogens (tertiary/aromatic N) is 3. The summed E-state index contributed by atoms with van der Waals surface area (Å²) in [4.78, 5) is 12.1. The van der Waals surface area contributed by atoms with Gasteiger partial charge in [-0.3, -0.25) is 4.40 Å². The number of hydrogen-bond donors (Lipinski definition) is 1. The van der Waals surface area contributed by atoms with Crippen molar-refractivity contribution in [2.24, 2.45) is 5.92 Å². The second-order valence-corrected chi connectivity index (χ2v) is 6.13.